The number of amides is 1. The first-order chi connectivity index (χ1) is 14.5. The molecule has 3 atom stereocenters. The van der Waals surface area contributed by atoms with Crippen LogP contribution in [0.1, 0.15) is 44.5 Å². The van der Waals surface area contributed by atoms with E-state index >= 15 is 0 Å². The zero-order chi connectivity index (χ0) is 21.3. The van der Waals surface area contributed by atoms with Crippen LogP contribution in [0, 0.1) is 12.8 Å². The lowest BCUT2D eigenvalue weighted by Crippen LogP contribution is -2.50. The molecule has 7 heteroatoms. The van der Waals surface area contributed by atoms with Gasteiger partial charge in [-0.3, -0.25) is 9.78 Å². The Morgan fingerprint density at radius 3 is 2.63 bits per heavy atom. The van der Waals surface area contributed by atoms with Gasteiger partial charge in [0.1, 0.15) is 5.82 Å². The number of piperazine rings is 1. The smallest absolute Gasteiger partial charge is 0.224 e. The summed E-state index contributed by atoms with van der Waals surface area (Å²) in [5.74, 6) is 1.09. The third-order valence-corrected chi connectivity index (χ3v) is 6.39. The van der Waals surface area contributed by atoms with E-state index in [0.29, 0.717) is 0 Å². The van der Waals surface area contributed by atoms with Crippen LogP contribution < -0.4 is 20.4 Å². The van der Waals surface area contributed by atoms with E-state index in [0.717, 1.165) is 55.4 Å². The predicted molar refractivity (Wildman–Crippen MR) is 121 cm³/mol. The second-order valence-corrected chi connectivity index (χ2v) is 8.37. The highest BCUT2D eigenvalue weighted by molar-refractivity contribution is 5.94. The molecule has 1 aromatic carbocycles. The summed E-state index contributed by atoms with van der Waals surface area (Å²) in [6.07, 6.45) is 4.48. The zero-order valence-electron chi connectivity index (χ0n) is 18.4. The monoisotopic (exact) mass is 408 g/mol. The molecule has 4 rings (SSSR count). The highest BCUT2D eigenvalue weighted by Crippen LogP contribution is 2.44. The van der Waals surface area contributed by atoms with Crippen molar-refractivity contribution in [3.8, 4) is 0 Å². The van der Waals surface area contributed by atoms with Crippen LogP contribution in [-0.4, -0.2) is 48.1 Å². The molecule has 2 aromatic rings. The fraction of sp³-hybridized carbons (Fsp3) is 0.522. The molecule has 2 unspecified atom stereocenters. The van der Waals surface area contributed by atoms with Crippen LogP contribution in [0.3, 0.4) is 0 Å². The molecular weight excluding hydrogens is 376 g/mol. The van der Waals surface area contributed by atoms with Gasteiger partial charge in [-0.1, -0.05) is 13.8 Å². The fourth-order valence-corrected chi connectivity index (χ4v) is 4.84. The first kappa shape index (κ1) is 20.6. The Morgan fingerprint density at radius 1 is 1.23 bits per heavy atom. The number of hydrogen-bond acceptors (Lipinski definition) is 6. The molecule has 0 aliphatic carbocycles. The van der Waals surface area contributed by atoms with Gasteiger partial charge < -0.3 is 20.4 Å². The summed E-state index contributed by atoms with van der Waals surface area (Å²) in [5, 5.41) is 7.04. The zero-order valence-corrected chi connectivity index (χ0v) is 18.4. The van der Waals surface area contributed by atoms with E-state index in [4.69, 9.17) is 0 Å². The van der Waals surface area contributed by atoms with Crippen molar-refractivity contribution in [3.05, 3.63) is 41.9 Å². The van der Waals surface area contributed by atoms with E-state index in [2.05, 4.69) is 57.5 Å². The van der Waals surface area contributed by atoms with E-state index < -0.39 is 0 Å². The fourth-order valence-electron chi connectivity index (χ4n) is 4.84. The van der Waals surface area contributed by atoms with Crippen LogP contribution in [0.4, 0.5) is 17.2 Å². The molecule has 1 aromatic heterocycles. The number of hydrogen-bond donors (Lipinski definition) is 2. The number of fused-ring (bicyclic) bond motifs is 1. The molecule has 1 amide bonds. The highest BCUT2D eigenvalue weighted by atomic mass is 16.2. The maximum absolute atomic E-state index is 12.6. The number of aromatic nitrogens is 2. The quantitative estimate of drug-likeness (QED) is 0.810. The van der Waals surface area contributed by atoms with Gasteiger partial charge in [0.15, 0.2) is 0 Å². The van der Waals surface area contributed by atoms with Gasteiger partial charge in [0.05, 0.1) is 24.1 Å². The lowest BCUT2D eigenvalue weighted by atomic mass is 9.80. The van der Waals surface area contributed by atoms with Crippen molar-refractivity contribution in [3.63, 3.8) is 0 Å². The summed E-state index contributed by atoms with van der Waals surface area (Å²) in [6, 6.07) is 6.73. The van der Waals surface area contributed by atoms with Gasteiger partial charge in [0, 0.05) is 62.0 Å². The number of carbonyl (C=O) groups is 1. The number of nitrogens with zero attached hydrogens (tertiary/aromatic N) is 4. The topological polar surface area (TPSA) is 73.4 Å². The van der Waals surface area contributed by atoms with Gasteiger partial charge in [-0.05, 0) is 31.5 Å². The molecular formula is C23H32N6O. The second-order valence-electron chi connectivity index (χ2n) is 8.37. The van der Waals surface area contributed by atoms with Gasteiger partial charge >= 0.3 is 0 Å². The third-order valence-electron chi connectivity index (χ3n) is 6.39. The molecule has 0 spiro atoms. The molecule has 1 saturated heterocycles. The lowest BCUT2D eigenvalue weighted by molar-refractivity contribution is -0.117. The summed E-state index contributed by atoms with van der Waals surface area (Å²) in [4.78, 5) is 25.9. The largest absolute Gasteiger partial charge is 0.369 e. The summed E-state index contributed by atoms with van der Waals surface area (Å²) in [7, 11) is 0. The van der Waals surface area contributed by atoms with Gasteiger partial charge in [-0.15, -0.1) is 0 Å². The molecule has 0 radical (unpaired) electrons. The molecule has 2 aliphatic heterocycles. The van der Waals surface area contributed by atoms with Crippen molar-refractivity contribution in [1.82, 2.24) is 15.3 Å². The number of nitrogens with one attached hydrogen (secondary N) is 2. The number of carbonyl (C=O) groups excluding carboxylic acids is 1. The minimum Gasteiger partial charge on any atom is -0.369 e. The lowest BCUT2D eigenvalue weighted by Gasteiger charge is -2.45. The molecule has 2 aliphatic rings. The number of aryl methyl sites for hydroxylation is 1. The van der Waals surface area contributed by atoms with E-state index in [9.17, 15) is 4.79 Å². The van der Waals surface area contributed by atoms with E-state index in [1.807, 2.05) is 11.8 Å². The summed E-state index contributed by atoms with van der Waals surface area (Å²) >= 11 is 0. The average molecular weight is 409 g/mol. The SMILES string of the molecule is CCC1[C@H](C)C(Nc2cnc(C)cn2)c2cc(N3CCNCC3)ccc2N1C(C)=O. The van der Waals surface area contributed by atoms with Crippen molar-refractivity contribution in [1.29, 1.82) is 0 Å². The number of benzene rings is 1. The molecule has 7 nitrogen and oxygen atoms in total. The van der Waals surface area contributed by atoms with Crippen LogP contribution in [0.5, 0.6) is 0 Å². The summed E-state index contributed by atoms with van der Waals surface area (Å²) in [5.41, 5.74) is 4.26. The van der Waals surface area contributed by atoms with E-state index in [1.165, 1.54) is 5.69 Å². The van der Waals surface area contributed by atoms with Crippen molar-refractivity contribution >= 4 is 23.1 Å². The maximum atomic E-state index is 12.6. The van der Waals surface area contributed by atoms with Crippen LogP contribution in [-0.2, 0) is 4.79 Å². The van der Waals surface area contributed by atoms with Gasteiger partial charge in [-0.25, -0.2) is 4.98 Å². The maximum Gasteiger partial charge on any atom is 0.224 e. The van der Waals surface area contributed by atoms with Gasteiger partial charge in [0.25, 0.3) is 0 Å². The summed E-state index contributed by atoms with van der Waals surface area (Å²) in [6.45, 7) is 11.9. The molecule has 0 saturated carbocycles. The molecule has 0 bridgehead atoms. The van der Waals surface area contributed by atoms with Crippen LogP contribution >= 0.6 is 0 Å². The van der Waals surface area contributed by atoms with E-state index in [1.54, 1.807) is 19.3 Å². The highest BCUT2D eigenvalue weighted by Gasteiger charge is 2.40. The summed E-state index contributed by atoms with van der Waals surface area (Å²) < 4.78 is 0. The molecule has 2 N–H and O–H groups in total. The standard InChI is InChI=1S/C23H32N6O/c1-5-20-16(3)23(27-22-14-25-15(2)13-26-22)19-12-18(28-10-8-24-9-11-28)6-7-21(19)29(20)17(4)30/h6-7,12-14,16,20,23-24H,5,8-11H2,1-4H3,(H,26,27)/t16-,20?,23?/m0/s1. The predicted octanol–water partition coefficient (Wildman–Crippen LogP) is 3.13. The van der Waals surface area contributed by atoms with E-state index in [-0.39, 0.29) is 23.9 Å². The molecule has 30 heavy (non-hydrogen) atoms. The van der Waals surface area contributed by atoms with Crippen LogP contribution in [0.15, 0.2) is 30.6 Å². The van der Waals surface area contributed by atoms with Crippen molar-refractivity contribution in [2.45, 2.75) is 46.2 Å². The first-order valence-corrected chi connectivity index (χ1v) is 10.9. The molecule has 160 valence electrons. The minimum atomic E-state index is 0.0559. The van der Waals surface area contributed by atoms with Crippen molar-refractivity contribution in [2.75, 3.05) is 41.3 Å². The first-order valence-electron chi connectivity index (χ1n) is 10.9. The van der Waals surface area contributed by atoms with Crippen LogP contribution in [0.2, 0.25) is 0 Å². The van der Waals surface area contributed by atoms with Crippen LogP contribution in [0.25, 0.3) is 0 Å². The Morgan fingerprint density at radius 2 is 2.00 bits per heavy atom. The Hall–Kier alpha value is -2.67. The third kappa shape index (κ3) is 3.86. The second kappa shape index (κ2) is 8.60. The number of rotatable bonds is 4. The van der Waals surface area contributed by atoms with Gasteiger partial charge in [-0.2, -0.15) is 0 Å². The Labute approximate surface area is 178 Å². The molecule has 1 fully saturated rings. The normalized spacial score (nSPS) is 23.8. The Bertz CT molecular complexity index is 893. The van der Waals surface area contributed by atoms with Gasteiger partial charge in [0.2, 0.25) is 5.91 Å². The minimum absolute atomic E-state index is 0.0559. The Kier molecular flexibility index (Phi) is 5.90. The Balaban J connectivity index is 1.77. The molecule has 3 heterocycles. The average Bonchev–Trinajstić information content (AvgIpc) is 2.76. The van der Waals surface area contributed by atoms with Crippen molar-refractivity contribution < 1.29 is 4.79 Å². The number of anilines is 3. The van der Waals surface area contributed by atoms with Crippen molar-refractivity contribution in [2.24, 2.45) is 5.92 Å².